The molecule has 36 heavy (non-hydrogen) atoms. The first-order chi connectivity index (χ1) is 17.0. The molecule has 1 amide bonds. The van der Waals surface area contributed by atoms with Crippen LogP contribution in [0.15, 0.2) is 11.6 Å². The van der Waals surface area contributed by atoms with E-state index in [1.165, 1.54) is 56.9 Å². The molecule has 3 fully saturated rings. The fraction of sp³-hybridized carbons (Fsp3) is 0.871. The second-order valence-electron chi connectivity index (χ2n) is 13.6. The van der Waals surface area contributed by atoms with Gasteiger partial charge in [0.05, 0.1) is 6.42 Å². The second-order valence-corrected chi connectivity index (χ2v) is 13.6. The summed E-state index contributed by atoms with van der Waals surface area (Å²) in [5.74, 6) is 4.06. The highest BCUT2D eigenvalue weighted by Crippen LogP contribution is 2.67. The van der Waals surface area contributed by atoms with E-state index < -0.39 is 12.1 Å². The van der Waals surface area contributed by atoms with Crippen LogP contribution in [0.1, 0.15) is 112 Å². The van der Waals surface area contributed by atoms with E-state index in [-0.39, 0.29) is 24.5 Å². The number of hydrogen-bond donors (Lipinski definition) is 2. The number of carbonyl (C=O) groups is 2. The number of carboxylic acid groups (broad SMARTS) is 1. The Morgan fingerprint density at radius 1 is 1.08 bits per heavy atom. The minimum absolute atomic E-state index is 0.0796. The van der Waals surface area contributed by atoms with E-state index in [1.807, 2.05) is 0 Å². The SMILES string of the molecule is CC(C)CCC[C@@H](C)[C@H]1CCC2C3CC=C4CC(OC(=O)NCCC(=O)O)CC[C@]4(C)C3CC[C@@]21C. The summed E-state index contributed by atoms with van der Waals surface area (Å²) in [4.78, 5) is 22.8. The molecule has 0 radical (unpaired) electrons. The van der Waals surface area contributed by atoms with Crippen LogP contribution < -0.4 is 5.32 Å². The van der Waals surface area contributed by atoms with Crippen LogP contribution in [0.25, 0.3) is 0 Å². The van der Waals surface area contributed by atoms with Crippen LogP contribution in [-0.4, -0.2) is 29.8 Å². The zero-order valence-electron chi connectivity index (χ0n) is 23.5. The molecule has 0 aromatic rings. The maximum absolute atomic E-state index is 12.2. The van der Waals surface area contributed by atoms with Crippen molar-refractivity contribution >= 4 is 12.1 Å². The number of carboxylic acids is 1. The number of ether oxygens (including phenoxy) is 1. The van der Waals surface area contributed by atoms with Gasteiger partial charge in [-0.3, -0.25) is 4.79 Å². The van der Waals surface area contributed by atoms with Gasteiger partial charge in [-0.1, -0.05) is 65.5 Å². The molecule has 0 aromatic carbocycles. The van der Waals surface area contributed by atoms with Crippen molar-refractivity contribution in [3.63, 3.8) is 0 Å². The van der Waals surface area contributed by atoms with E-state index in [4.69, 9.17) is 9.84 Å². The van der Waals surface area contributed by atoms with Gasteiger partial charge >= 0.3 is 12.1 Å². The monoisotopic (exact) mass is 501 g/mol. The molecule has 0 aromatic heterocycles. The van der Waals surface area contributed by atoms with Crippen molar-refractivity contribution in [1.29, 1.82) is 0 Å². The summed E-state index contributed by atoms with van der Waals surface area (Å²) in [5, 5.41) is 11.4. The van der Waals surface area contributed by atoms with Crippen LogP contribution in [0, 0.1) is 46.3 Å². The van der Waals surface area contributed by atoms with Gasteiger partial charge < -0.3 is 15.2 Å². The normalized spacial score (nSPS) is 38.4. The van der Waals surface area contributed by atoms with Crippen molar-refractivity contribution < 1.29 is 19.4 Å². The predicted molar refractivity (Wildman–Crippen MR) is 144 cm³/mol. The molecule has 0 bridgehead atoms. The number of hydrogen-bond acceptors (Lipinski definition) is 3. The standard InChI is InChI=1S/C31H51NO4/c1-20(2)7-6-8-21(3)25-11-12-26-24-10-9-22-19-23(36-29(35)32-18-15-28(33)34)13-16-30(22,4)27(24)14-17-31(25,26)5/h9,20-21,23-27H,6-8,10-19H2,1-5H3,(H,32,35)(H,33,34)/t21-,23?,24?,25-,26?,27?,30+,31-/m1/s1. The summed E-state index contributed by atoms with van der Waals surface area (Å²) < 4.78 is 5.69. The van der Waals surface area contributed by atoms with Crippen LogP contribution >= 0.6 is 0 Å². The van der Waals surface area contributed by atoms with Gasteiger partial charge in [0.25, 0.3) is 0 Å². The van der Waals surface area contributed by atoms with E-state index in [0.29, 0.717) is 5.41 Å². The Morgan fingerprint density at radius 3 is 2.58 bits per heavy atom. The number of nitrogens with one attached hydrogen (secondary N) is 1. The summed E-state index contributed by atoms with van der Waals surface area (Å²) in [6, 6.07) is 0. The average Bonchev–Trinajstić information content (AvgIpc) is 3.16. The van der Waals surface area contributed by atoms with Crippen LogP contribution in [-0.2, 0) is 9.53 Å². The van der Waals surface area contributed by atoms with Crippen LogP contribution in [0.3, 0.4) is 0 Å². The topological polar surface area (TPSA) is 75.6 Å². The highest BCUT2D eigenvalue weighted by Gasteiger charge is 2.59. The number of rotatable bonds is 9. The average molecular weight is 502 g/mol. The fourth-order valence-electron chi connectivity index (χ4n) is 9.22. The van der Waals surface area contributed by atoms with E-state index in [2.05, 4.69) is 46.0 Å². The molecular formula is C31H51NO4. The second kappa shape index (κ2) is 11.1. The zero-order chi connectivity index (χ0) is 26.1. The van der Waals surface area contributed by atoms with Crippen LogP contribution in [0.4, 0.5) is 4.79 Å². The molecule has 4 unspecified atom stereocenters. The summed E-state index contributed by atoms with van der Waals surface area (Å²) in [7, 11) is 0. The lowest BCUT2D eigenvalue weighted by atomic mass is 9.47. The smallest absolute Gasteiger partial charge is 0.407 e. The van der Waals surface area contributed by atoms with Gasteiger partial charge in [-0.2, -0.15) is 0 Å². The first kappa shape index (κ1) is 27.5. The summed E-state index contributed by atoms with van der Waals surface area (Å²) in [5.41, 5.74) is 2.26. The highest BCUT2D eigenvalue weighted by atomic mass is 16.6. The van der Waals surface area contributed by atoms with E-state index in [0.717, 1.165) is 54.8 Å². The minimum Gasteiger partial charge on any atom is -0.481 e. The molecule has 0 heterocycles. The van der Waals surface area contributed by atoms with Gasteiger partial charge in [-0.05, 0) is 91.3 Å². The van der Waals surface area contributed by atoms with Gasteiger partial charge in [-0.15, -0.1) is 0 Å². The van der Waals surface area contributed by atoms with E-state index in [9.17, 15) is 9.59 Å². The maximum atomic E-state index is 12.2. The number of amides is 1. The Kier molecular flexibility index (Phi) is 8.46. The van der Waals surface area contributed by atoms with E-state index in [1.54, 1.807) is 0 Å². The Hall–Kier alpha value is -1.52. The molecule has 4 rings (SSSR count). The number of alkyl carbamates (subject to hydrolysis) is 1. The Bertz CT molecular complexity index is 836. The first-order valence-electron chi connectivity index (χ1n) is 14.9. The molecule has 3 saturated carbocycles. The third-order valence-electron chi connectivity index (χ3n) is 11.1. The number of fused-ring (bicyclic) bond motifs is 5. The van der Waals surface area contributed by atoms with E-state index >= 15 is 0 Å². The fourth-order valence-corrected chi connectivity index (χ4v) is 9.22. The van der Waals surface area contributed by atoms with Gasteiger partial charge in [0.2, 0.25) is 0 Å². The Morgan fingerprint density at radius 2 is 1.86 bits per heavy atom. The number of allylic oxidation sites excluding steroid dienone is 1. The summed E-state index contributed by atoms with van der Waals surface area (Å²) in [6.45, 7) is 12.5. The zero-order valence-corrected chi connectivity index (χ0v) is 23.5. The molecule has 5 heteroatoms. The number of aliphatic carboxylic acids is 1. The molecule has 4 aliphatic carbocycles. The third kappa shape index (κ3) is 5.50. The largest absolute Gasteiger partial charge is 0.481 e. The Labute approximate surface area is 219 Å². The third-order valence-corrected chi connectivity index (χ3v) is 11.1. The molecule has 0 spiro atoms. The van der Waals surface area contributed by atoms with Gasteiger partial charge in [0.15, 0.2) is 0 Å². The maximum Gasteiger partial charge on any atom is 0.407 e. The van der Waals surface area contributed by atoms with Crippen LogP contribution in [0.5, 0.6) is 0 Å². The van der Waals surface area contributed by atoms with Crippen molar-refractivity contribution in [2.45, 2.75) is 118 Å². The van der Waals surface area contributed by atoms with Crippen molar-refractivity contribution in [1.82, 2.24) is 5.32 Å². The molecular weight excluding hydrogens is 450 g/mol. The molecule has 204 valence electrons. The molecule has 0 aliphatic heterocycles. The van der Waals surface area contributed by atoms with Gasteiger partial charge in [-0.25, -0.2) is 4.79 Å². The van der Waals surface area contributed by atoms with Gasteiger partial charge in [0.1, 0.15) is 6.10 Å². The van der Waals surface area contributed by atoms with Crippen molar-refractivity contribution in [3.05, 3.63) is 11.6 Å². The lowest BCUT2D eigenvalue weighted by Gasteiger charge is -2.58. The molecule has 5 nitrogen and oxygen atoms in total. The lowest BCUT2D eigenvalue weighted by molar-refractivity contribution is -0.136. The Balaban J connectivity index is 1.38. The minimum atomic E-state index is -0.914. The molecule has 2 N–H and O–H groups in total. The highest BCUT2D eigenvalue weighted by molar-refractivity contribution is 5.70. The first-order valence-corrected chi connectivity index (χ1v) is 14.9. The van der Waals surface area contributed by atoms with Crippen molar-refractivity contribution in [3.8, 4) is 0 Å². The van der Waals surface area contributed by atoms with Crippen LogP contribution in [0.2, 0.25) is 0 Å². The van der Waals surface area contributed by atoms with Crippen molar-refractivity contribution in [2.75, 3.05) is 6.54 Å². The lowest BCUT2D eigenvalue weighted by Crippen LogP contribution is -2.51. The summed E-state index contributed by atoms with van der Waals surface area (Å²) >= 11 is 0. The number of carbonyl (C=O) groups excluding carboxylic acids is 1. The van der Waals surface area contributed by atoms with Gasteiger partial charge in [0, 0.05) is 13.0 Å². The predicted octanol–water partition coefficient (Wildman–Crippen LogP) is 7.60. The molecule has 8 atom stereocenters. The molecule has 4 aliphatic rings. The summed E-state index contributed by atoms with van der Waals surface area (Å²) in [6.07, 6.45) is 15.6. The van der Waals surface area contributed by atoms with Crippen molar-refractivity contribution in [2.24, 2.45) is 46.3 Å². The molecule has 0 saturated heterocycles. The quantitative estimate of drug-likeness (QED) is 0.319.